The minimum absolute atomic E-state index is 0.210. The van der Waals surface area contributed by atoms with Crippen LogP contribution in [0.3, 0.4) is 0 Å². The zero-order valence-corrected chi connectivity index (χ0v) is 11.9. The number of nitrogens with one attached hydrogen (secondary N) is 3. The predicted molar refractivity (Wildman–Crippen MR) is 80.1 cm³/mol. The average molecular weight is 292 g/mol. The summed E-state index contributed by atoms with van der Waals surface area (Å²) in [6.07, 6.45) is 1.02. The predicted octanol–water partition coefficient (Wildman–Crippen LogP) is 0.884. The van der Waals surface area contributed by atoms with Crippen molar-refractivity contribution in [1.29, 1.82) is 0 Å². The van der Waals surface area contributed by atoms with Gasteiger partial charge in [-0.1, -0.05) is 0 Å². The van der Waals surface area contributed by atoms with Crippen LogP contribution in [0.25, 0.3) is 0 Å². The van der Waals surface area contributed by atoms with Crippen molar-refractivity contribution < 1.29 is 14.3 Å². The Labute approximate surface area is 123 Å². The van der Waals surface area contributed by atoms with Gasteiger partial charge in [0.1, 0.15) is 5.54 Å². The van der Waals surface area contributed by atoms with Crippen molar-refractivity contribution in [3.05, 3.63) is 24.3 Å². The summed E-state index contributed by atoms with van der Waals surface area (Å²) in [4.78, 5) is 23.4. The second-order valence-corrected chi connectivity index (χ2v) is 5.00. The quantitative estimate of drug-likeness (QED) is 0.663. The van der Waals surface area contributed by atoms with Crippen LogP contribution in [-0.4, -0.2) is 37.7 Å². The summed E-state index contributed by atoms with van der Waals surface area (Å²) in [5, 5.41) is 7.90. The van der Waals surface area contributed by atoms with Crippen LogP contribution >= 0.6 is 0 Å². The van der Waals surface area contributed by atoms with Crippen molar-refractivity contribution in [2.45, 2.75) is 18.4 Å². The topological polar surface area (TPSA) is 105 Å². The minimum atomic E-state index is -0.878. The number of ether oxygens (including phenoxy) is 1. The fourth-order valence-corrected chi connectivity index (χ4v) is 2.05. The zero-order valence-electron chi connectivity index (χ0n) is 11.9. The van der Waals surface area contributed by atoms with Crippen LogP contribution < -0.4 is 21.7 Å². The molecule has 7 nitrogen and oxygen atoms in total. The first-order valence-corrected chi connectivity index (χ1v) is 6.80. The van der Waals surface area contributed by atoms with Gasteiger partial charge in [0.15, 0.2) is 0 Å². The van der Waals surface area contributed by atoms with Crippen molar-refractivity contribution in [1.82, 2.24) is 5.32 Å². The van der Waals surface area contributed by atoms with E-state index in [1.54, 1.807) is 31.3 Å². The smallest absolute Gasteiger partial charge is 0.318 e. The maximum Gasteiger partial charge on any atom is 0.318 e. The van der Waals surface area contributed by atoms with Crippen LogP contribution in [0.5, 0.6) is 0 Å². The summed E-state index contributed by atoms with van der Waals surface area (Å²) in [6, 6.07) is 6.54. The Kier molecular flexibility index (Phi) is 4.77. The number of amides is 3. The first-order valence-electron chi connectivity index (χ1n) is 6.80. The largest absolute Gasteiger partial charge is 0.381 e. The Morgan fingerprint density at radius 1 is 1.10 bits per heavy atom. The molecule has 114 valence electrons. The molecule has 0 saturated carbocycles. The molecule has 7 heteroatoms. The highest BCUT2D eigenvalue weighted by Crippen LogP contribution is 2.21. The molecule has 5 N–H and O–H groups in total. The van der Waals surface area contributed by atoms with Crippen molar-refractivity contribution in [3.8, 4) is 0 Å². The third-order valence-corrected chi connectivity index (χ3v) is 3.46. The monoisotopic (exact) mass is 292 g/mol. The summed E-state index contributed by atoms with van der Waals surface area (Å²) < 4.78 is 5.22. The van der Waals surface area contributed by atoms with Crippen LogP contribution in [-0.2, 0) is 9.53 Å². The van der Waals surface area contributed by atoms with E-state index in [0.29, 0.717) is 37.4 Å². The first-order chi connectivity index (χ1) is 10.0. The van der Waals surface area contributed by atoms with Gasteiger partial charge in [-0.05, 0) is 37.1 Å². The maximum absolute atomic E-state index is 12.2. The van der Waals surface area contributed by atoms with E-state index in [1.807, 2.05) is 0 Å². The van der Waals surface area contributed by atoms with Gasteiger partial charge in [-0.25, -0.2) is 4.79 Å². The Morgan fingerprint density at radius 2 is 1.62 bits per heavy atom. The molecule has 1 aromatic carbocycles. The van der Waals surface area contributed by atoms with Gasteiger partial charge < -0.3 is 26.4 Å². The highest BCUT2D eigenvalue weighted by Gasteiger charge is 2.35. The van der Waals surface area contributed by atoms with Crippen molar-refractivity contribution >= 4 is 23.3 Å². The summed E-state index contributed by atoms with van der Waals surface area (Å²) in [5.41, 5.74) is 6.51. The standard InChI is InChI=1S/C14H20N4O3/c1-16-13(20)18-11-4-2-10(3-5-11)17-12(19)14(15)6-8-21-9-7-14/h2-5H,6-9,15H2,1H3,(H,17,19)(H2,16,18,20). The van der Waals surface area contributed by atoms with Gasteiger partial charge in [0, 0.05) is 31.6 Å². The second kappa shape index (κ2) is 6.55. The molecule has 0 aromatic heterocycles. The second-order valence-electron chi connectivity index (χ2n) is 5.00. The maximum atomic E-state index is 12.2. The molecule has 0 atom stereocenters. The van der Waals surface area contributed by atoms with E-state index in [1.165, 1.54) is 0 Å². The summed E-state index contributed by atoms with van der Waals surface area (Å²) in [6.45, 7) is 0.998. The molecular formula is C14H20N4O3. The summed E-state index contributed by atoms with van der Waals surface area (Å²) in [5.74, 6) is -0.210. The molecule has 1 aromatic rings. The van der Waals surface area contributed by atoms with E-state index in [2.05, 4.69) is 16.0 Å². The molecule has 1 fully saturated rings. The highest BCUT2D eigenvalue weighted by molar-refractivity contribution is 5.98. The highest BCUT2D eigenvalue weighted by atomic mass is 16.5. The number of hydrogen-bond donors (Lipinski definition) is 4. The first kappa shape index (κ1) is 15.3. The number of hydrogen-bond acceptors (Lipinski definition) is 4. The molecule has 1 aliphatic rings. The number of benzene rings is 1. The molecule has 3 amide bonds. The molecule has 0 bridgehead atoms. The van der Waals surface area contributed by atoms with Crippen molar-refractivity contribution in [2.24, 2.45) is 5.73 Å². The number of carbonyl (C=O) groups excluding carboxylic acids is 2. The fraction of sp³-hybridized carbons (Fsp3) is 0.429. The number of carbonyl (C=O) groups is 2. The molecule has 1 aliphatic heterocycles. The lowest BCUT2D eigenvalue weighted by atomic mass is 9.90. The van der Waals surface area contributed by atoms with Gasteiger partial charge in [-0.3, -0.25) is 4.79 Å². The molecule has 1 heterocycles. The summed E-state index contributed by atoms with van der Waals surface area (Å²) in [7, 11) is 1.54. The zero-order chi connectivity index (χ0) is 15.3. The third-order valence-electron chi connectivity index (χ3n) is 3.46. The Hall–Kier alpha value is -2.12. The number of urea groups is 1. The Morgan fingerprint density at radius 3 is 2.14 bits per heavy atom. The molecule has 0 unspecified atom stereocenters. The van der Waals surface area contributed by atoms with Gasteiger partial charge >= 0.3 is 6.03 Å². The molecular weight excluding hydrogens is 272 g/mol. The van der Waals surface area contributed by atoms with E-state index in [0.717, 1.165) is 0 Å². The lowest BCUT2D eigenvalue weighted by Crippen LogP contribution is -2.54. The Balaban J connectivity index is 1.96. The van der Waals surface area contributed by atoms with Crippen molar-refractivity contribution in [2.75, 3.05) is 30.9 Å². The van der Waals surface area contributed by atoms with E-state index < -0.39 is 5.54 Å². The van der Waals surface area contributed by atoms with Gasteiger partial charge in [-0.15, -0.1) is 0 Å². The summed E-state index contributed by atoms with van der Waals surface area (Å²) >= 11 is 0. The van der Waals surface area contributed by atoms with Crippen LogP contribution in [0.2, 0.25) is 0 Å². The van der Waals surface area contributed by atoms with Crippen LogP contribution in [0.15, 0.2) is 24.3 Å². The van der Waals surface area contributed by atoms with Crippen LogP contribution in [0.4, 0.5) is 16.2 Å². The number of anilines is 2. The minimum Gasteiger partial charge on any atom is -0.381 e. The van der Waals surface area contributed by atoms with E-state index in [4.69, 9.17) is 10.5 Å². The molecule has 0 spiro atoms. The van der Waals surface area contributed by atoms with Crippen LogP contribution in [0, 0.1) is 0 Å². The van der Waals surface area contributed by atoms with Crippen LogP contribution in [0.1, 0.15) is 12.8 Å². The van der Waals surface area contributed by atoms with Gasteiger partial charge in [0.25, 0.3) is 0 Å². The molecule has 0 radical (unpaired) electrons. The van der Waals surface area contributed by atoms with Gasteiger partial charge in [0.05, 0.1) is 0 Å². The number of rotatable bonds is 3. The normalized spacial score (nSPS) is 16.9. The lowest BCUT2D eigenvalue weighted by Gasteiger charge is -2.31. The van der Waals surface area contributed by atoms with Gasteiger partial charge in [-0.2, -0.15) is 0 Å². The molecule has 21 heavy (non-hydrogen) atoms. The SMILES string of the molecule is CNC(=O)Nc1ccc(NC(=O)C2(N)CCOCC2)cc1. The van der Waals surface area contributed by atoms with Gasteiger partial charge in [0.2, 0.25) is 5.91 Å². The molecule has 2 rings (SSSR count). The fourth-order valence-electron chi connectivity index (χ4n) is 2.05. The lowest BCUT2D eigenvalue weighted by molar-refractivity contribution is -0.124. The van der Waals surface area contributed by atoms with Crippen molar-refractivity contribution in [3.63, 3.8) is 0 Å². The van der Waals surface area contributed by atoms with E-state index in [9.17, 15) is 9.59 Å². The molecule has 0 aliphatic carbocycles. The van der Waals surface area contributed by atoms with E-state index in [-0.39, 0.29) is 11.9 Å². The van der Waals surface area contributed by atoms with E-state index >= 15 is 0 Å². The Bertz CT molecular complexity index is 509. The number of nitrogens with two attached hydrogens (primary N) is 1. The average Bonchev–Trinajstić information content (AvgIpc) is 2.50. The third kappa shape index (κ3) is 3.93. The molecule has 1 saturated heterocycles.